The number of anilines is 1. The molecule has 2 rings (SSSR count). The number of nitrogens with two attached hydrogens (primary N) is 1. The molecule has 2 atom stereocenters. The van der Waals surface area contributed by atoms with Gasteiger partial charge < -0.3 is 21.3 Å². The number of carbonyl (C=O) groups is 3. The van der Waals surface area contributed by atoms with Crippen molar-refractivity contribution < 1.29 is 14.4 Å². The third kappa shape index (κ3) is 3.13. The Labute approximate surface area is 122 Å². The number of carbonyl (C=O) groups excluding carboxylic acids is 3. The molecule has 1 aromatic carbocycles. The number of nitrogens with zero attached hydrogens (tertiary/aromatic N) is 1. The Morgan fingerprint density at radius 3 is 2.76 bits per heavy atom. The van der Waals surface area contributed by atoms with Gasteiger partial charge in [0, 0.05) is 12.2 Å². The molecule has 7 heteroatoms. The number of urea groups is 1. The minimum atomic E-state index is -0.789. The zero-order valence-corrected chi connectivity index (χ0v) is 11.9. The highest BCUT2D eigenvalue weighted by atomic mass is 16.2. The summed E-state index contributed by atoms with van der Waals surface area (Å²) in [6.07, 6.45) is 0. The van der Waals surface area contributed by atoms with Gasteiger partial charge in [0.25, 0.3) is 0 Å². The van der Waals surface area contributed by atoms with E-state index in [-0.39, 0.29) is 11.8 Å². The van der Waals surface area contributed by atoms with Crippen molar-refractivity contribution in [1.82, 2.24) is 10.2 Å². The van der Waals surface area contributed by atoms with Gasteiger partial charge in [-0.15, -0.1) is 0 Å². The van der Waals surface area contributed by atoms with Crippen LogP contribution in [0.2, 0.25) is 0 Å². The topological polar surface area (TPSA) is 105 Å². The van der Waals surface area contributed by atoms with Gasteiger partial charge in [-0.2, -0.15) is 0 Å². The van der Waals surface area contributed by atoms with Gasteiger partial charge in [-0.3, -0.25) is 9.59 Å². The van der Waals surface area contributed by atoms with Crippen molar-refractivity contribution in [3.8, 4) is 0 Å². The number of hydrogen-bond donors (Lipinski definition) is 3. The molecule has 1 heterocycles. The lowest BCUT2D eigenvalue weighted by Crippen LogP contribution is -2.52. The second kappa shape index (κ2) is 5.82. The first-order chi connectivity index (χ1) is 9.90. The van der Waals surface area contributed by atoms with Crippen molar-refractivity contribution in [2.24, 2.45) is 5.73 Å². The number of para-hydroxylation sites is 1. The van der Waals surface area contributed by atoms with Crippen LogP contribution in [-0.2, 0) is 16.1 Å². The highest BCUT2D eigenvalue weighted by Crippen LogP contribution is 2.23. The minimum Gasteiger partial charge on any atom is -0.352 e. The van der Waals surface area contributed by atoms with Crippen molar-refractivity contribution >= 4 is 23.5 Å². The third-order valence-electron chi connectivity index (χ3n) is 3.48. The molecule has 4 amide bonds. The van der Waals surface area contributed by atoms with Gasteiger partial charge >= 0.3 is 6.03 Å². The average molecular weight is 290 g/mol. The molecule has 112 valence electrons. The lowest BCUT2D eigenvalue weighted by molar-refractivity contribution is -0.139. The van der Waals surface area contributed by atoms with Crippen LogP contribution in [-0.4, -0.2) is 34.8 Å². The van der Waals surface area contributed by atoms with Crippen LogP contribution in [0.4, 0.5) is 10.5 Å². The lowest BCUT2D eigenvalue weighted by atomic mass is 10.1. The summed E-state index contributed by atoms with van der Waals surface area (Å²) in [6, 6.07) is 5.10. The van der Waals surface area contributed by atoms with E-state index in [1.165, 1.54) is 11.8 Å². The maximum atomic E-state index is 12.4. The fraction of sp³-hybridized carbons (Fsp3) is 0.357. The predicted octanol–water partition coefficient (Wildman–Crippen LogP) is 0.413. The smallest absolute Gasteiger partial charge is 0.312 e. The van der Waals surface area contributed by atoms with Crippen molar-refractivity contribution in [2.75, 3.05) is 5.32 Å². The number of benzene rings is 1. The van der Waals surface area contributed by atoms with E-state index in [4.69, 9.17) is 5.73 Å². The summed E-state index contributed by atoms with van der Waals surface area (Å²) in [5.74, 6) is -0.618. The van der Waals surface area contributed by atoms with Gasteiger partial charge in [0.2, 0.25) is 11.8 Å². The van der Waals surface area contributed by atoms with E-state index in [0.717, 1.165) is 5.56 Å². The summed E-state index contributed by atoms with van der Waals surface area (Å²) in [6.45, 7) is 3.48. The van der Waals surface area contributed by atoms with Crippen LogP contribution in [0, 0.1) is 0 Å². The van der Waals surface area contributed by atoms with Crippen LogP contribution in [0.25, 0.3) is 0 Å². The number of primary amides is 1. The van der Waals surface area contributed by atoms with E-state index in [0.29, 0.717) is 12.2 Å². The molecule has 0 radical (unpaired) electrons. The minimum absolute atomic E-state index is 0.264. The molecule has 0 spiro atoms. The van der Waals surface area contributed by atoms with Crippen LogP contribution in [0.3, 0.4) is 0 Å². The van der Waals surface area contributed by atoms with Gasteiger partial charge in [-0.25, -0.2) is 4.79 Å². The van der Waals surface area contributed by atoms with Gasteiger partial charge in [0.15, 0.2) is 0 Å². The SMILES string of the molecule is CC(NC(N)=O)C(=O)N1Cc2ccccc2NC(=O)C1C. The Morgan fingerprint density at radius 2 is 2.10 bits per heavy atom. The Hall–Kier alpha value is -2.57. The second-order valence-electron chi connectivity index (χ2n) is 5.02. The zero-order valence-electron chi connectivity index (χ0n) is 11.9. The first kappa shape index (κ1) is 14.8. The molecule has 0 aliphatic carbocycles. The molecule has 0 aromatic heterocycles. The molecule has 1 aliphatic rings. The number of rotatable bonds is 2. The van der Waals surface area contributed by atoms with Gasteiger partial charge in [0.1, 0.15) is 12.1 Å². The van der Waals surface area contributed by atoms with Crippen molar-refractivity contribution in [3.63, 3.8) is 0 Å². The number of hydrogen-bond acceptors (Lipinski definition) is 3. The maximum Gasteiger partial charge on any atom is 0.312 e. The van der Waals surface area contributed by atoms with E-state index in [1.807, 2.05) is 18.2 Å². The maximum absolute atomic E-state index is 12.4. The molecule has 4 N–H and O–H groups in total. The summed E-state index contributed by atoms with van der Waals surface area (Å²) >= 11 is 0. The summed E-state index contributed by atoms with van der Waals surface area (Å²) in [5.41, 5.74) is 6.57. The summed E-state index contributed by atoms with van der Waals surface area (Å²) < 4.78 is 0. The van der Waals surface area contributed by atoms with Crippen LogP contribution >= 0.6 is 0 Å². The molecule has 0 saturated carbocycles. The van der Waals surface area contributed by atoms with Crippen molar-refractivity contribution in [1.29, 1.82) is 0 Å². The van der Waals surface area contributed by atoms with E-state index in [2.05, 4.69) is 10.6 Å². The molecular formula is C14H18N4O3. The fourth-order valence-corrected chi connectivity index (χ4v) is 2.27. The first-order valence-electron chi connectivity index (χ1n) is 6.65. The second-order valence-corrected chi connectivity index (χ2v) is 5.02. The number of nitrogens with one attached hydrogen (secondary N) is 2. The fourth-order valence-electron chi connectivity index (χ4n) is 2.27. The van der Waals surface area contributed by atoms with Crippen molar-refractivity contribution in [3.05, 3.63) is 29.8 Å². The molecule has 1 aliphatic heterocycles. The Bertz CT molecular complexity index is 587. The summed E-state index contributed by atoms with van der Waals surface area (Å²) in [5, 5.41) is 5.13. The Balaban J connectivity index is 2.28. The predicted molar refractivity (Wildman–Crippen MR) is 77.3 cm³/mol. The quantitative estimate of drug-likeness (QED) is 0.734. The first-order valence-corrected chi connectivity index (χ1v) is 6.65. The van der Waals surface area contributed by atoms with E-state index >= 15 is 0 Å². The van der Waals surface area contributed by atoms with E-state index in [9.17, 15) is 14.4 Å². The molecule has 0 bridgehead atoms. The van der Waals surface area contributed by atoms with Crippen LogP contribution < -0.4 is 16.4 Å². The molecule has 1 aromatic rings. The molecular weight excluding hydrogens is 272 g/mol. The number of fused-ring (bicyclic) bond motifs is 1. The van der Waals surface area contributed by atoms with Crippen LogP contribution in [0.15, 0.2) is 24.3 Å². The standard InChI is InChI=1S/C14H18N4O3/c1-8(16-14(15)21)13(20)18-7-10-5-3-4-6-11(10)17-12(19)9(18)2/h3-6,8-9H,7H2,1-2H3,(H,17,19)(H3,15,16,21). The normalized spacial score (nSPS) is 19.0. The molecule has 0 fully saturated rings. The van der Waals surface area contributed by atoms with Gasteiger partial charge in [0.05, 0.1) is 0 Å². The van der Waals surface area contributed by atoms with Crippen molar-refractivity contribution in [2.45, 2.75) is 32.5 Å². The monoisotopic (exact) mass is 290 g/mol. The zero-order chi connectivity index (χ0) is 15.6. The summed E-state index contributed by atoms with van der Waals surface area (Å²) in [7, 11) is 0. The Morgan fingerprint density at radius 1 is 1.43 bits per heavy atom. The largest absolute Gasteiger partial charge is 0.352 e. The van der Waals surface area contributed by atoms with Crippen LogP contribution in [0.5, 0.6) is 0 Å². The Kier molecular flexibility index (Phi) is 4.11. The van der Waals surface area contributed by atoms with Crippen LogP contribution in [0.1, 0.15) is 19.4 Å². The molecule has 21 heavy (non-hydrogen) atoms. The highest BCUT2D eigenvalue weighted by molar-refractivity contribution is 5.99. The lowest BCUT2D eigenvalue weighted by Gasteiger charge is -2.28. The number of amides is 4. The van der Waals surface area contributed by atoms with E-state index < -0.39 is 18.1 Å². The summed E-state index contributed by atoms with van der Waals surface area (Å²) in [4.78, 5) is 36.8. The average Bonchev–Trinajstić information content (AvgIpc) is 2.55. The van der Waals surface area contributed by atoms with Gasteiger partial charge in [-0.1, -0.05) is 18.2 Å². The molecule has 7 nitrogen and oxygen atoms in total. The third-order valence-corrected chi connectivity index (χ3v) is 3.48. The highest BCUT2D eigenvalue weighted by Gasteiger charge is 2.32. The molecule has 0 saturated heterocycles. The van der Waals surface area contributed by atoms with Gasteiger partial charge in [-0.05, 0) is 25.5 Å². The van der Waals surface area contributed by atoms with E-state index in [1.54, 1.807) is 13.0 Å². The molecule has 2 unspecified atom stereocenters.